The maximum atomic E-state index is 12.1. The molecule has 4 nitrogen and oxygen atoms in total. The molecule has 0 aromatic heterocycles. The third-order valence-electron chi connectivity index (χ3n) is 4.33. The lowest BCUT2D eigenvalue weighted by molar-refractivity contribution is 0.0816. The zero-order valence-electron chi connectivity index (χ0n) is 13.7. The van der Waals surface area contributed by atoms with E-state index in [2.05, 4.69) is 24.1 Å². The van der Waals surface area contributed by atoms with Crippen LogP contribution in [0.3, 0.4) is 0 Å². The van der Waals surface area contributed by atoms with Gasteiger partial charge in [0.05, 0.1) is 6.10 Å². The number of benzene rings is 1. The topological polar surface area (TPSA) is 52.6 Å². The molecule has 0 radical (unpaired) electrons. The molecule has 1 aromatic rings. The predicted octanol–water partition coefficient (Wildman–Crippen LogP) is 2.39. The molecule has 1 heterocycles. The quantitative estimate of drug-likeness (QED) is 0.794. The zero-order chi connectivity index (χ0) is 15.9. The van der Waals surface area contributed by atoms with E-state index in [-0.39, 0.29) is 12.0 Å². The van der Waals surface area contributed by atoms with Crippen molar-refractivity contribution >= 4 is 5.91 Å². The number of piperidine rings is 1. The van der Waals surface area contributed by atoms with Gasteiger partial charge in [0.25, 0.3) is 5.91 Å². The number of carbonyl (C=O) groups excluding carboxylic acids is 1. The highest BCUT2D eigenvalue weighted by atomic mass is 16.3. The Hall–Kier alpha value is -1.39. The minimum Gasteiger partial charge on any atom is -0.393 e. The van der Waals surface area contributed by atoms with Gasteiger partial charge in [0.2, 0.25) is 0 Å². The normalized spacial score (nSPS) is 16.9. The van der Waals surface area contributed by atoms with Gasteiger partial charge in [0.1, 0.15) is 0 Å². The summed E-state index contributed by atoms with van der Waals surface area (Å²) >= 11 is 0. The summed E-state index contributed by atoms with van der Waals surface area (Å²) in [6.45, 7) is 7.91. The summed E-state index contributed by atoms with van der Waals surface area (Å²) in [5, 5.41) is 12.4. The van der Waals surface area contributed by atoms with Gasteiger partial charge >= 0.3 is 0 Å². The number of hydrogen-bond acceptors (Lipinski definition) is 3. The van der Waals surface area contributed by atoms with Crippen LogP contribution in [-0.4, -0.2) is 48.2 Å². The largest absolute Gasteiger partial charge is 0.393 e. The molecule has 1 fully saturated rings. The molecule has 0 spiro atoms. The van der Waals surface area contributed by atoms with E-state index >= 15 is 0 Å². The van der Waals surface area contributed by atoms with Crippen LogP contribution in [0.5, 0.6) is 0 Å². The first-order valence-electron chi connectivity index (χ1n) is 8.35. The Bertz CT molecular complexity index is 462. The number of nitrogens with zero attached hydrogens (tertiary/aromatic N) is 1. The van der Waals surface area contributed by atoms with Crippen LogP contribution in [-0.2, 0) is 0 Å². The second-order valence-electron chi connectivity index (χ2n) is 6.46. The van der Waals surface area contributed by atoms with Crippen LogP contribution in [0.4, 0.5) is 0 Å². The number of carbonyl (C=O) groups is 1. The van der Waals surface area contributed by atoms with E-state index < -0.39 is 0 Å². The number of hydrogen-bond donors (Lipinski definition) is 2. The van der Waals surface area contributed by atoms with Crippen LogP contribution in [0.1, 0.15) is 54.9 Å². The monoisotopic (exact) mass is 304 g/mol. The molecule has 2 rings (SSSR count). The van der Waals surface area contributed by atoms with Crippen molar-refractivity contribution in [1.82, 2.24) is 10.2 Å². The summed E-state index contributed by atoms with van der Waals surface area (Å²) in [5.74, 6) is 0.490. The highest BCUT2D eigenvalue weighted by Crippen LogP contribution is 2.14. The molecular weight excluding hydrogens is 276 g/mol. The molecule has 4 heteroatoms. The molecule has 1 amide bonds. The average Bonchev–Trinajstić information content (AvgIpc) is 2.53. The molecule has 1 aliphatic heterocycles. The molecule has 0 atom stereocenters. The van der Waals surface area contributed by atoms with Crippen molar-refractivity contribution in [3.63, 3.8) is 0 Å². The van der Waals surface area contributed by atoms with Gasteiger partial charge in [-0.25, -0.2) is 0 Å². The van der Waals surface area contributed by atoms with Gasteiger partial charge in [-0.15, -0.1) is 0 Å². The van der Waals surface area contributed by atoms with Crippen LogP contribution >= 0.6 is 0 Å². The molecular formula is C18H28N2O2. The van der Waals surface area contributed by atoms with Crippen LogP contribution in [0, 0.1) is 0 Å². The summed E-state index contributed by atoms with van der Waals surface area (Å²) in [7, 11) is 0. The number of rotatable bonds is 6. The van der Waals surface area contributed by atoms with E-state index in [4.69, 9.17) is 0 Å². The van der Waals surface area contributed by atoms with Gasteiger partial charge in [-0.2, -0.15) is 0 Å². The van der Waals surface area contributed by atoms with E-state index in [1.54, 1.807) is 0 Å². The van der Waals surface area contributed by atoms with Crippen molar-refractivity contribution < 1.29 is 9.90 Å². The fourth-order valence-corrected chi connectivity index (χ4v) is 2.77. The van der Waals surface area contributed by atoms with Gasteiger partial charge in [0.15, 0.2) is 0 Å². The van der Waals surface area contributed by atoms with E-state index in [1.165, 1.54) is 5.56 Å². The highest BCUT2D eigenvalue weighted by molar-refractivity contribution is 5.94. The molecule has 0 bridgehead atoms. The fraction of sp³-hybridized carbons (Fsp3) is 0.611. The summed E-state index contributed by atoms with van der Waals surface area (Å²) in [5.41, 5.74) is 1.98. The lowest BCUT2D eigenvalue weighted by Crippen LogP contribution is -2.37. The van der Waals surface area contributed by atoms with Gasteiger partial charge in [-0.05, 0) is 49.4 Å². The summed E-state index contributed by atoms with van der Waals surface area (Å²) in [6.07, 6.45) is 2.57. The average molecular weight is 304 g/mol. The first-order chi connectivity index (χ1) is 10.6. The SMILES string of the molecule is CC(C)c1ccc(C(=O)NCCCN2CCC(O)CC2)cc1. The summed E-state index contributed by atoms with van der Waals surface area (Å²) in [6, 6.07) is 7.85. The van der Waals surface area contributed by atoms with Gasteiger partial charge in [-0.3, -0.25) is 4.79 Å². The van der Waals surface area contributed by atoms with E-state index in [9.17, 15) is 9.90 Å². The Kier molecular flexibility index (Phi) is 6.40. The highest BCUT2D eigenvalue weighted by Gasteiger charge is 2.16. The third-order valence-corrected chi connectivity index (χ3v) is 4.33. The number of nitrogens with one attached hydrogen (secondary N) is 1. The molecule has 2 N–H and O–H groups in total. The maximum Gasteiger partial charge on any atom is 0.251 e. The molecule has 1 aromatic carbocycles. The van der Waals surface area contributed by atoms with Crippen molar-refractivity contribution in [3.05, 3.63) is 35.4 Å². The van der Waals surface area contributed by atoms with Gasteiger partial charge in [-0.1, -0.05) is 26.0 Å². The van der Waals surface area contributed by atoms with Crippen LogP contribution in [0.25, 0.3) is 0 Å². The van der Waals surface area contributed by atoms with Gasteiger partial charge < -0.3 is 15.3 Å². The second-order valence-corrected chi connectivity index (χ2v) is 6.46. The maximum absolute atomic E-state index is 12.1. The molecule has 122 valence electrons. The molecule has 22 heavy (non-hydrogen) atoms. The minimum atomic E-state index is -0.121. The van der Waals surface area contributed by atoms with Crippen molar-refractivity contribution in [2.45, 2.75) is 45.1 Å². The Balaban J connectivity index is 1.67. The summed E-state index contributed by atoms with van der Waals surface area (Å²) < 4.78 is 0. The first kappa shape index (κ1) is 17.0. The van der Waals surface area contributed by atoms with Crippen LogP contribution < -0.4 is 5.32 Å². The second kappa shape index (κ2) is 8.30. The Labute approximate surface area is 133 Å². The number of aliphatic hydroxyl groups excluding tert-OH is 1. The first-order valence-corrected chi connectivity index (χ1v) is 8.35. The Morgan fingerprint density at radius 3 is 2.50 bits per heavy atom. The van der Waals surface area contributed by atoms with E-state index in [0.29, 0.717) is 12.5 Å². The molecule has 0 saturated carbocycles. The van der Waals surface area contributed by atoms with Crippen LogP contribution in [0.15, 0.2) is 24.3 Å². The van der Waals surface area contributed by atoms with Crippen molar-refractivity contribution in [1.29, 1.82) is 0 Å². The predicted molar refractivity (Wildman–Crippen MR) is 89.2 cm³/mol. The molecule has 0 aliphatic carbocycles. The number of aliphatic hydroxyl groups is 1. The number of likely N-dealkylation sites (tertiary alicyclic amines) is 1. The van der Waals surface area contributed by atoms with E-state index in [1.807, 2.05) is 24.3 Å². The zero-order valence-corrected chi connectivity index (χ0v) is 13.7. The van der Waals surface area contributed by atoms with Crippen LogP contribution in [0.2, 0.25) is 0 Å². The van der Waals surface area contributed by atoms with E-state index in [0.717, 1.165) is 44.5 Å². The Morgan fingerprint density at radius 1 is 1.27 bits per heavy atom. The standard InChI is InChI=1S/C18H28N2O2/c1-14(2)15-4-6-16(7-5-15)18(22)19-10-3-11-20-12-8-17(21)9-13-20/h4-7,14,17,21H,3,8-13H2,1-2H3,(H,19,22). The lowest BCUT2D eigenvalue weighted by atomic mass is 10.0. The van der Waals surface area contributed by atoms with Crippen molar-refractivity contribution in [3.8, 4) is 0 Å². The smallest absolute Gasteiger partial charge is 0.251 e. The minimum absolute atomic E-state index is 0.00405. The molecule has 1 aliphatic rings. The van der Waals surface area contributed by atoms with Crippen molar-refractivity contribution in [2.75, 3.05) is 26.2 Å². The molecule has 1 saturated heterocycles. The third kappa shape index (κ3) is 5.11. The molecule has 0 unspecified atom stereocenters. The number of amides is 1. The lowest BCUT2D eigenvalue weighted by Gasteiger charge is -2.29. The Morgan fingerprint density at radius 2 is 1.91 bits per heavy atom. The van der Waals surface area contributed by atoms with Crippen molar-refractivity contribution in [2.24, 2.45) is 0 Å². The summed E-state index contributed by atoms with van der Waals surface area (Å²) in [4.78, 5) is 14.4. The fourth-order valence-electron chi connectivity index (χ4n) is 2.77. The van der Waals surface area contributed by atoms with Gasteiger partial charge in [0, 0.05) is 25.2 Å².